The Morgan fingerprint density at radius 2 is 1.73 bits per heavy atom. The number of amides is 2. The first kappa shape index (κ1) is 21.3. The van der Waals surface area contributed by atoms with Gasteiger partial charge in [0.05, 0.1) is 45.5 Å². The van der Waals surface area contributed by atoms with Crippen LogP contribution >= 0.6 is 0 Å². The van der Waals surface area contributed by atoms with Gasteiger partial charge in [0.1, 0.15) is 0 Å². The Morgan fingerprint density at radius 3 is 2.37 bits per heavy atom. The van der Waals surface area contributed by atoms with Gasteiger partial charge in [0.2, 0.25) is 5.91 Å². The monoisotopic (exact) mass is 413 g/mol. The maximum atomic E-state index is 12.8. The fourth-order valence-electron chi connectivity index (χ4n) is 3.46. The molecule has 0 spiro atoms. The summed E-state index contributed by atoms with van der Waals surface area (Å²) in [6.45, 7) is 0.647. The van der Waals surface area contributed by atoms with Crippen LogP contribution in [0.4, 0.5) is 5.69 Å². The molecule has 2 aromatic carbocycles. The summed E-state index contributed by atoms with van der Waals surface area (Å²) in [5.74, 6) is 0.345. The molecule has 8 nitrogen and oxygen atoms in total. The minimum atomic E-state index is -0.470. The van der Waals surface area contributed by atoms with Gasteiger partial charge in [-0.2, -0.15) is 0 Å². The summed E-state index contributed by atoms with van der Waals surface area (Å²) >= 11 is 0. The normalized spacial score (nSPS) is 16.0. The average molecular weight is 413 g/mol. The zero-order valence-corrected chi connectivity index (χ0v) is 17.2. The number of rotatable bonds is 8. The number of hydrogen-bond acceptors (Lipinski definition) is 6. The van der Waals surface area contributed by atoms with Crippen LogP contribution in [0.1, 0.15) is 22.3 Å². The molecule has 2 aromatic rings. The van der Waals surface area contributed by atoms with Gasteiger partial charge in [-0.1, -0.05) is 6.07 Å². The number of benzene rings is 2. The summed E-state index contributed by atoms with van der Waals surface area (Å²) in [7, 11) is 4.47. The number of imide groups is 1. The maximum Gasteiger partial charge on any atom is 0.337 e. The van der Waals surface area contributed by atoms with E-state index >= 15 is 0 Å². The van der Waals surface area contributed by atoms with Crippen LogP contribution in [0.25, 0.3) is 0 Å². The Balaban J connectivity index is 1.60. The molecule has 30 heavy (non-hydrogen) atoms. The number of anilines is 1. The molecule has 0 aromatic heterocycles. The summed E-state index contributed by atoms with van der Waals surface area (Å²) in [6.07, 6.45) is 0.857. The number of ether oxygens (including phenoxy) is 3. The lowest BCUT2D eigenvalue weighted by atomic mass is 10.1. The molecule has 1 fully saturated rings. The second-order valence-electron chi connectivity index (χ2n) is 6.88. The van der Waals surface area contributed by atoms with Crippen LogP contribution < -0.4 is 19.7 Å². The molecule has 0 bridgehead atoms. The maximum absolute atomic E-state index is 12.8. The van der Waals surface area contributed by atoms with E-state index in [1.54, 1.807) is 26.4 Å². The van der Waals surface area contributed by atoms with Gasteiger partial charge in [0, 0.05) is 6.42 Å². The van der Waals surface area contributed by atoms with Gasteiger partial charge in [0.25, 0.3) is 5.91 Å². The van der Waals surface area contributed by atoms with Gasteiger partial charge in [0.15, 0.2) is 17.5 Å². The minimum Gasteiger partial charge on any atom is -0.493 e. The van der Waals surface area contributed by atoms with E-state index in [0.717, 1.165) is 5.56 Å². The molecule has 8 heteroatoms. The number of nitrogens with zero attached hydrogens (tertiary/aromatic N) is 1. The van der Waals surface area contributed by atoms with Crippen molar-refractivity contribution in [2.75, 3.05) is 32.8 Å². The zero-order valence-electron chi connectivity index (χ0n) is 17.2. The van der Waals surface area contributed by atoms with E-state index in [1.807, 2.05) is 23.5 Å². The topological polar surface area (TPSA) is 98.8 Å². The van der Waals surface area contributed by atoms with Gasteiger partial charge >= 0.3 is 5.97 Å². The molecule has 0 saturated carbocycles. The van der Waals surface area contributed by atoms with Crippen molar-refractivity contribution in [3.8, 4) is 11.5 Å². The Bertz CT molecular complexity index is 941. The SMILES string of the molecule is COC(=O)c1ccc(N2C(=O)C[C@@H]([NH2+]CCc3ccc(OC)c(OC)c3)C2=O)cc1. The number of quaternary nitrogens is 1. The van der Waals surface area contributed by atoms with Crippen molar-refractivity contribution in [2.45, 2.75) is 18.9 Å². The third-order valence-corrected chi connectivity index (χ3v) is 5.06. The van der Waals surface area contributed by atoms with Gasteiger partial charge in [-0.25, -0.2) is 9.69 Å². The molecule has 0 aliphatic carbocycles. The second-order valence-corrected chi connectivity index (χ2v) is 6.88. The standard InChI is InChI=1S/C22H24N2O6/c1-28-18-9-4-14(12-19(18)29-2)10-11-23-17-13-20(25)24(21(17)26)16-7-5-15(6-8-16)22(27)30-3/h4-9,12,17,23H,10-11,13H2,1-3H3/p+1/t17-/m1/s1. The number of carbonyl (C=O) groups is 3. The van der Waals surface area contributed by atoms with E-state index in [2.05, 4.69) is 4.74 Å². The van der Waals surface area contributed by atoms with Crippen molar-refractivity contribution in [2.24, 2.45) is 0 Å². The predicted octanol–water partition coefficient (Wildman–Crippen LogP) is 0.928. The lowest BCUT2D eigenvalue weighted by Crippen LogP contribution is -2.92. The molecule has 1 aliphatic rings. The number of nitrogens with two attached hydrogens (primary N) is 1. The first-order valence-electron chi connectivity index (χ1n) is 9.58. The van der Waals surface area contributed by atoms with Crippen LogP contribution in [0.2, 0.25) is 0 Å². The molecule has 158 valence electrons. The van der Waals surface area contributed by atoms with Gasteiger partial charge in [-0.05, 0) is 42.0 Å². The Hall–Kier alpha value is -3.39. The summed E-state index contributed by atoms with van der Waals surface area (Å²) in [6, 6.07) is 11.5. The zero-order chi connectivity index (χ0) is 21.7. The molecule has 1 atom stereocenters. The highest BCUT2D eigenvalue weighted by Gasteiger charge is 2.42. The van der Waals surface area contributed by atoms with E-state index in [4.69, 9.17) is 9.47 Å². The highest BCUT2D eigenvalue weighted by molar-refractivity contribution is 6.21. The van der Waals surface area contributed by atoms with Crippen molar-refractivity contribution in [3.63, 3.8) is 0 Å². The number of esters is 1. The van der Waals surface area contributed by atoms with E-state index in [-0.39, 0.29) is 18.2 Å². The number of methoxy groups -OCH3 is 3. The predicted molar refractivity (Wildman–Crippen MR) is 109 cm³/mol. The molecular weight excluding hydrogens is 388 g/mol. The highest BCUT2D eigenvalue weighted by atomic mass is 16.5. The molecule has 1 heterocycles. The van der Waals surface area contributed by atoms with Crippen molar-refractivity contribution >= 4 is 23.5 Å². The molecule has 0 radical (unpaired) electrons. The highest BCUT2D eigenvalue weighted by Crippen LogP contribution is 2.27. The van der Waals surface area contributed by atoms with E-state index in [9.17, 15) is 14.4 Å². The van der Waals surface area contributed by atoms with Gasteiger partial charge in [-0.15, -0.1) is 0 Å². The Kier molecular flexibility index (Phi) is 6.68. The van der Waals surface area contributed by atoms with Gasteiger partial charge in [-0.3, -0.25) is 9.59 Å². The fraction of sp³-hybridized carbons (Fsp3) is 0.318. The largest absolute Gasteiger partial charge is 0.493 e. The van der Waals surface area contributed by atoms with E-state index in [0.29, 0.717) is 35.7 Å². The van der Waals surface area contributed by atoms with Crippen molar-refractivity contribution in [1.82, 2.24) is 0 Å². The first-order valence-corrected chi connectivity index (χ1v) is 9.58. The fourth-order valence-corrected chi connectivity index (χ4v) is 3.46. The third kappa shape index (κ3) is 4.44. The summed E-state index contributed by atoms with van der Waals surface area (Å²) < 4.78 is 15.2. The number of carbonyl (C=O) groups excluding carboxylic acids is 3. The van der Waals surface area contributed by atoms with Crippen LogP contribution in [0.5, 0.6) is 11.5 Å². The van der Waals surface area contributed by atoms with Gasteiger partial charge < -0.3 is 19.5 Å². The quantitative estimate of drug-likeness (QED) is 0.511. The second kappa shape index (κ2) is 9.41. The lowest BCUT2D eigenvalue weighted by Gasteiger charge is -2.14. The molecule has 1 saturated heterocycles. The van der Waals surface area contributed by atoms with E-state index in [1.165, 1.54) is 24.1 Å². The summed E-state index contributed by atoms with van der Waals surface area (Å²) in [5.41, 5.74) is 1.86. The van der Waals surface area contributed by atoms with Crippen molar-refractivity contribution in [1.29, 1.82) is 0 Å². The summed E-state index contributed by atoms with van der Waals surface area (Å²) in [5, 5.41) is 1.89. The molecule has 2 amide bonds. The van der Waals surface area contributed by atoms with Crippen molar-refractivity contribution in [3.05, 3.63) is 53.6 Å². The van der Waals surface area contributed by atoms with Crippen LogP contribution in [0.15, 0.2) is 42.5 Å². The van der Waals surface area contributed by atoms with Crippen LogP contribution in [0.3, 0.4) is 0 Å². The lowest BCUT2D eigenvalue weighted by molar-refractivity contribution is -0.674. The molecular formula is C22H25N2O6+. The number of hydrogen-bond donors (Lipinski definition) is 1. The Morgan fingerprint density at radius 1 is 1.03 bits per heavy atom. The molecule has 1 aliphatic heterocycles. The Labute approximate surface area is 174 Å². The van der Waals surface area contributed by atoms with E-state index < -0.39 is 12.0 Å². The van der Waals surface area contributed by atoms with Crippen LogP contribution in [0, 0.1) is 0 Å². The average Bonchev–Trinajstić information content (AvgIpc) is 3.06. The first-order chi connectivity index (χ1) is 14.5. The van der Waals surface area contributed by atoms with Crippen LogP contribution in [-0.2, 0) is 20.7 Å². The third-order valence-electron chi connectivity index (χ3n) is 5.06. The minimum absolute atomic E-state index is 0.142. The smallest absolute Gasteiger partial charge is 0.337 e. The molecule has 2 N–H and O–H groups in total. The molecule has 3 rings (SSSR count). The van der Waals surface area contributed by atoms with Crippen molar-refractivity contribution < 1.29 is 33.9 Å². The molecule has 0 unspecified atom stereocenters. The summed E-state index contributed by atoms with van der Waals surface area (Å²) in [4.78, 5) is 37.9. The van der Waals surface area contributed by atoms with Crippen LogP contribution in [-0.4, -0.2) is 51.7 Å².